The zero-order chi connectivity index (χ0) is 13.7. The quantitative estimate of drug-likeness (QED) is 0.885. The normalized spacial score (nSPS) is 10.0. The maximum Gasteiger partial charge on any atom is 0.257 e. The number of hydrogen-bond acceptors (Lipinski definition) is 4. The van der Waals surface area contributed by atoms with Gasteiger partial charge in [-0.05, 0) is 19.1 Å². The third kappa shape index (κ3) is 3.04. The molecule has 0 aromatic carbocycles. The van der Waals surface area contributed by atoms with Crippen molar-refractivity contribution in [3.05, 3.63) is 48.3 Å². The Labute approximate surface area is 109 Å². The van der Waals surface area contributed by atoms with Crippen molar-refractivity contribution in [3.63, 3.8) is 0 Å². The van der Waals surface area contributed by atoms with Crippen molar-refractivity contribution < 1.29 is 9.18 Å². The van der Waals surface area contributed by atoms with Crippen molar-refractivity contribution in [1.29, 1.82) is 0 Å². The van der Waals surface area contributed by atoms with E-state index in [4.69, 9.17) is 0 Å². The van der Waals surface area contributed by atoms with Crippen LogP contribution in [0.1, 0.15) is 17.3 Å². The van der Waals surface area contributed by atoms with Gasteiger partial charge in [0.2, 0.25) is 0 Å². The van der Waals surface area contributed by atoms with E-state index < -0.39 is 11.7 Å². The molecule has 1 amide bonds. The standard InChI is InChI=1S/C13H13FN4O/c1-2-17-12-8-16-5-3-9(12)13(19)18-11-4-6-15-7-10(11)14/h3-8,17H,2H2,1H3,(H,15,18,19). The number of rotatable bonds is 4. The lowest BCUT2D eigenvalue weighted by atomic mass is 10.2. The van der Waals surface area contributed by atoms with Crippen molar-refractivity contribution in [3.8, 4) is 0 Å². The number of pyridine rings is 2. The highest BCUT2D eigenvalue weighted by molar-refractivity contribution is 6.07. The van der Waals surface area contributed by atoms with E-state index in [1.807, 2.05) is 6.92 Å². The van der Waals surface area contributed by atoms with Gasteiger partial charge in [0.1, 0.15) is 0 Å². The molecule has 0 saturated heterocycles. The van der Waals surface area contributed by atoms with Crippen LogP contribution in [0.3, 0.4) is 0 Å². The van der Waals surface area contributed by atoms with Crippen molar-refractivity contribution >= 4 is 17.3 Å². The van der Waals surface area contributed by atoms with E-state index in [9.17, 15) is 9.18 Å². The summed E-state index contributed by atoms with van der Waals surface area (Å²) in [7, 11) is 0. The van der Waals surface area contributed by atoms with E-state index in [1.165, 1.54) is 18.5 Å². The number of nitrogens with zero attached hydrogens (tertiary/aromatic N) is 2. The van der Waals surface area contributed by atoms with Gasteiger partial charge >= 0.3 is 0 Å². The molecule has 98 valence electrons. The summed E-state index contributed by atoms with van der Waals surface area (Å²) in [5.74, 6) is -0.974. The Morgan fingerprint density at radius 3 is 2.68 bits per heavy atom. The fraction of sp³-hybridized carbons (Fsp3) is 0.154. The predicted molar refractivity (Wildman–Crippen MR) is 70.5 cm³/mol. The molecular formula is C13H13FN4O. The molecule has 0 saturated carbocycles. The molecule has 0 fully saturated rings. The molecule has 0 aliphatic carbocycles. The van der Waals surface area contributed by atoms with E-state index >= 15 is 0 Å². The summed E-state index contributed by atoms with van der Waals surface area (Å²) < 4.78 is 13.4. The highest BCUT2D eigenvalue weighted by atomic mass is 19.1. The van der Waals surface area contributed by atoms with Crippen LogP contribution in [0.4, 0.5) is 15.8 Å². The van der Waals surface area contributed by atoms with Crippen LogP contribution in [-0.2, 0) is 0 Å². The van der Waals surface area contributed by atoms with E-state index in [-0.39, 0.29) is 5.69 Å². The second kappa shape index (κ2) is 5.90. The van der Waals surface area contributed by atoms with Gasteiger partial charge in [0.15, 0.2) is 5.82 Å². The summed E-state index contributed by atoms with van der Waals surface area (Å²) in [4.78, 5) is 19.7. The molecule has 0 aliphatic rings. The van der Waals surface area contributed by atoms with E-state index in [0.29, 0.717) is 17.8 Å². The van der Waals surface area contributed by atoms with Crippen molar-refractivity contribution in [2.75, 3.05) is 17.2 Å². The van der Waals surface area contributed by atoms with Gasteiger partial charge in [0.05, 0.1) is 29.3 Å². The van der Waals surface area contributed by atoms with E-state index in [2.05, 4.69) is 20.6 Å². The fourth-order valence-electron chi connectivity index (χ4n) is 1.59. The minimum absolute atomic E-state index is 0.0965. The van der Waals surface area contributed by atoms with Crippen LogP contribution < -0.4 is 10.6 Å². The summed E-state index contributed by atoms with van der Waals surface area (Å²) in [5.41, 5.74) is 1.12. The fourth-order valence-corrected chi connectivity index (χ4v) is 1.59. The second-order valence-corrected chi connectivity index (χ2v) is 3.76. The first-order chi connectivity index (χ1) is 9.22. The largest absolute Gasteiger partial charge is 0.383 e. The Bertz CT molecular complexity index is 588. The molecule has 19 heavy (non-hydrogen) atoms. The highest BCUT2D eigenvalue weighted by Gasteiger charge is 2.12. The Morgan fingerprint density at radius 2 is 1.95 bits per heavy atom. The van der Waals surface area contributed by atoms with E-state index in [0.717, 1.165) is 6.20 Å². The number of halogens is 1. The number of aromatic nitrogens is 2. The summed E-state index contributed by atoms with van der Waals surface area (Å²) >= 11 is 0. The molecule has 2 aromatic heterocycles. The van der Waals surface area contributed by atoms with Gasteiger partial charge in [-0.3, -0.25) is 14.8 Å². The maximum atomic E-state index is 13.4. The number of carbonyl (C=O) groups excluding carboxylic acids is 1. The number of anilines is 2. The minimum Gasteiger partial charge on any atom is -0.383 e. The monoisotopic (exact) mass is 260 g/mol. The molecular weight excluding hydrogens is 247 g/mol. The number of nitrogens with one attached hydrogen (secondary N) is 2. The summed E-state index contributed by atoms with van der Waals surface area (Å²) in [6, 6.07) is 2.98. The molecule has 5 nitrogen and oxygen atoms in total. The Morgan fingerprint density at radius 1 is 1.21 bits per heavy atom. The van der Waals surface area contributed by atoms with Crippen molar-refractivity contribution in [2.24, 2.45) is 0 Å². The van der Waals surface area contributed by atoms with Crippen LogP contribution in [0.5, 0.6) is 0 Å². The van der Waals surface area contributed by atoms with Crippen LogP contribution in [0.25, 0.3) is 0 Å². The summed E-state index contributed by atoms with van der Waals surface area (Å²) in [6.07, 6.45) is 5.53. The molecule has 2 heterocycles. The zero-order valence-corrected chi connectivity index (χ0v) is 10.4. The topological polar surface area (TPSA) is 66.9 Å². The Hall–Kier alpha value is -2.50. The summed E-state index contributed by atoms with van der Waals surface area (Å²) in [5, 5.41) is 5.53. The molecule has 0 spiro atoms. The van der Waals surface area contributed by atoms with Crippen LogP contribution in [0.2, 0.25) is 0 Å². The molecule has 0 unspecified atom stereocenters. The van der Waals surface area contributed by atoms with Crippen molar-refractivity contribution in [2.45, 2.75) is 6.92 Å². The van der Waals surface area contributed by atoms with Gasteiger partial charge in [-0.15, -0.1) is 0 Å². The number of hydrogen-bond donors (Lipinski definition) is 2. The average molecular weight is 260 g/mol. The first kappa shape index (κ1) is 12.9. The number of amides is 1. The Balaban J connectivity index is 2.23. The lowest BCUT2D eigenvalue weighted by molar-refractivity contribution is 0.102. The van der Waals surface area contributed by atoms with Gasteiger partial charge in [0, 0.05) is 18.9 Å². The maximum absolute atomic E-state index is 13.4. The van der Waals surface area contributed by atoms with Gasteiger partial charge in [-0.25, -0.2) is 4.39 Å². The third-order valence-corrected chi connectivity index (χ3v) is 2.45. The molecule has 2 rings (SSSR count). The average Bonchev–Trinajstić information content (AvgIpc) is 2.42. The van der Waals surface area contributed by atoms with Crippen LogP contribution in [0, 0.1) is 5.82 Å². The zero-order valence-electron chi connectivity index (χ0n) is 10.4. The molecule has 2 N–H and O–H groups in total. The van der Waals surface area contributed by atoms with Crippen LogP contribution in [0.15, 0.2) is 36.9 Å². The van der Waals surface area contributed by atoms with Gasteiger partial charge < -0.3 is 10.6 Å². The molecule has 0 bridgehead atoms. The third-order valence-electron chi connectivity index (χ3n) is 2.45. The SMILES string of the molecule is CCNc1cnccc1C(=O)Nc1ccncc1F. The molecule has 0 radical (unpaired) electrons. The first-order valence-corrected chi connectivity index (χ1v) is 5.81. The van der Waals surface area contributed by atoms with Crippen molar-refractivity contribution in [1.82, 2.24) is 9.97 Å². The molecule has 0 aliphatic heterocycles. The number of carbonyl (C=O) groups is 1. The second-order valence-electron chi connectivity index (χ2n) is 3.76. The van der Waals surface area contributed by atoms with E-state index in [1.54, 1.807) is 12.3 Å². The van der Waals surface area contributed by atoms with Gasteiger partial charge in [-0.1, -0.05) is 0 Å². The Kier molecular flexibility index (Phi) is 4.02. The first-order valence-electron chi connectivity index (χ1n) is 5.81. The smallest absolute Gasteiger partial charge is 0.257 e. The van der Waals surface area contributed by atoms with Crippen LogP contribution >= 0.6 is 0 Å². The predicted octanol–water partition coefficient (Wildman–Crippen LogP) is 2.30. The molecule has 0 atom stereocenters. The van der Waals surface area contributed by atoms with Gasteiger partial charge in [0.25, 0.3) is 5.91 Å². The van der Waals surface area contributed by atoms with Crippen LogP contribution in [-0.4, -0.2) is 22.4 Å². The lowest BCUT2D eigenvalue weighted by Gasteiger charge is -2.10. The summed E-state index contributed by atoms with van der Waals surface area (Å²) in [6.45, 7) is 2.58. The lowest BCUT2D eigenvalue weighted by Crippen LogP contribution is -2.15. The molecule has 2 aromatic rings. The molecule has 6 heteroatoms. The minimum atomic E-state index is -0.574. The highest BCUT2D eigenvalue weighted by Crippen LogP contribution is 2.17. The van der Waals surface area contributed by atoms with Gasteiger partial charge in [-0.2, -0.15) is 0 Å².